The molecule has 1 aliphatic heterocycles. The van der Waals surface area contributed by atoms with Gasteiger partial charge in [0.25, 0.3) is 11.6 Å². The van der Waals surface area contributed by atoms with Gasteiger partial charge in [0.15, 0.2) is 0 Å². The van der Waals surface area contributed by atoms with Crippen LogP contribution < -0.4 is 5.32 Å². The Labute approximate surface area is 166 Å². The Morgan fingerprint density at radius 3 is 2.52 bits per heavy atom. The molecule has 3 rings (SSSR count). The van der Waals surface area contributed by atoms with Crippen LogP contribution in [0, 0.1) is 24.0 Å². The van der Waals surface area contributed by atoms with Crippen molar-refractivity contribution in [3.05, 3.63) is 69.3 Å². The minimum atomic E-state index is -1.71. The summed E-state index contributed by atoms with van der Waals surface area (Å²) in [5.74, 6) is -1.83. The second kappa shape index (κ2) is 7.70. The van der Waals surface area contributed by atoms with Gasteiger partial charge in [0.05, 0.1) is 17.1 Å². The highest BCUT2D eigenvalue weighted by atomic mass is 16.7. The summed E-state index contributed by atoms with van der Waals surface area (Å²) < 4.78 is 0. The number of nitrogens with one attached hydrogen (secondary N) is 1. The molecule has 0 aromatic heterocycles. The minimum absolute atomic E-state index is 0.0755. The number of carboxylic acids is 1. The predicted molar refractivity (Wildman–Crippen MR) is 105 cm³/mol. The molecule has 9 nitrogen and oxygen atoms in total. The molecule has 1 heterocycles. The van der Waals surface area contributed by atoms with Crippen LogP contribution in [0.4, 0.5) is 11.4 Å². The maximum atomic E-state index is 13.0. The lowest BCUT2D eigenvalue weighted by molar-refractivity contribution is -0.384. The number of nitrogens with zero attached hydrogens (tertiary/aromatic N) is 2. The van der Waals surface area contributed by atoms with E-state index in [0.717, 1.165) is 11.1 Å². The van der Waals surface area contributed by atoms with Crippen molar-refractivity contribution in [2.45, 2.75) is 32.3 Å². The molecule has 0 fully saturated rings. The quantitative estimate of drug-likeness (QED) is 0.568. The van der Waals surface area contributed by atoms with E-state index in [1.165, 1.54) is 24.3 Å². The Bertz CT molecular complexity index is 1020. The van der Waals surface area contributed by atoms with Crippen LogP contribution in [0.15, 0.2) is 47.6 Å². The first kappa shape index (κ1) is 20.0. The zero-order valence-corrected chi connectivity index (χ0v) is 15.8. The molecule has 0 radical (unpaired) electrons. The summed E-state index contributed by atoms with van der Waals surface area (Å²) in [6.45, 7) is 3.76. The van der Waals surface area contributed by atoms with Crippen molar-refractivity contribution in [2.75, 3.05) is 5.32 Å². The van der Waals surface area contributed by atoms with E-state index in [9.17, 15) is 24.8 Å². The Kier molecular flexibility index (Phi) is 5.31. The average molecular weight is 397 g/mol. The maximum Gasteiger partial charge on any atom is 0.308 e. The number of amides is 1. The molecule has 29 heavy (non-hydrogen) atoms. The van der Waals surface area contributed by atoms with Crippen LogP contribution in [0.2, 0.25) is 0 Å². The van der Waals surface area contributed by atoms with Gasteiger partial charge in [-0.1, -0.05) is 22.9 Å². The van der Waals surface area contributed by atoms with Gasteiger partial charge in [-0.05, 0) is 43.2 Å². The smallest absolute Gasteiger partial charge is 0.308 e. The van der Waals surface area contributed by atoms with Gasteiger partial charge in [0, 0.05) is 24.2 Å². The van der Waals surface area contributed by atoms with Crippen molar-refractivity contribution < 1.29 is 24.5 Å². The number of carbonyl (C=O) groups excluding carboxylic acids is 1. The zero-order chi connectivity index (χ0) is 21.2. The summed E-state index contributed by atoms with van der Waals surface area (Å²) in [5.41, 5.74) is 1.48. The predicted octanol–water partition coefficient (Wildman–Crippen LogP) is 3.19. The minimum Gasteiger partial charge on any atom is -0.481 e. The number of carboxylic acid groups (broad SMARTS) is 1. The van der Waals surface area contributed by atoms with Gasteiger partial charge in [0.2, 0.25) is 5.60 Å². The summed E-state index contributed by atoms with van der Waals surface area (Å²) in [6, 6.07) is 11.1. The molecule has 9 heteroatoms. The number of nitro benzene ring substituents is 1. The highest BCUT2D eigenvalue weighted by molar-refractivity contribution is 6.09. The fourth-order valence-corrected chi connectivity index (χ4v) is 3.14. The number of nitro groups is 1. The number of non-ortho nitro benzene ring substituents is 1. The SMILES string of the molecule is Cc1ccc(NC(=O)C2(CC(=O)O)CC(c3ccc([N+](=O)[O-])cc3)=NO2)c(C)c1. The van der Waals surface area contributed by atoms with Gasteiger partial charge in [0.1, 0.15) is 0 Å². The fourth-order valence-electron chi connectivity index (χ4n) is 3.14. The lowest BCUT2D eigenvalue weighted by atomic mass is 9.90. The zero-order valence-electron chi connectivity index (χ0n) is 15.8. The molecule has 0 spiro atoms. The third-order valence-electron chi connectivity index (χ3n) is 4.68. The van der Waals surface area contributed by atoms with Crippen molar-refractivity contribution in [1.29, 1.82) is 0 Å². The van der Waals surface area contributed by atoms with Crippen molar-refractivity contribution in [3.63, 3.8) is 0 Å². The van der Waals surface area contributed by atoms with Crippen LogP contribution in [-0.4, -0.2) is 33.2 Å². The van der Waals surface area contributed by atoms with Gasteiger partial charge < -0.3 is 15.3 Å². The summed E-state index contributed by atoms with van der Waals surface area (Å²) in [5, 5.41) is 26.8. The maximum absolute atomic E-state index is 13.0. The number of hydrogen-bond acceptors (Lipinski definition) is 6. The molecular weight excluding hydrogens is 378 g/mol. The van der Waals surface area contributed by atoms with Gasteiger partial charge in [-0.2, -0.15) is 0 Å². The monoisotopic (exact) mass is 397 g/mol. The largest absolute Gasteiger partial charge is 0.481 e. The lowest BCUT2D eigenvalue weighted by Crippen LogP contribution is -2.45. The molecule has 1 atom stereocenters. The van der Waals surface area contributed by atoms with Crippen molar-refractivity contribution in [1.82, 2.24) is 0 Å². The van der Waals surface area contributed by atoms with E-state index in [1.54, 1.807) is 6.07 Å². The number of anilines is 1. The number of aliphatic carboxylic acids is 1. The summed E-state index contributed by atoms with van der Waals surface area (Å²) in [4.78, 5) is 40.0. The van der Waals surface area contributed by atoms with E-state index in [-0.39, 0.29) is 12.1 Å². The van der Waals surface area contributed by atoms with Gasteiger partial charge in [-0.25, -0.2) is 0 Å². The number of oxime groups is 1. The second-order valence-corrected chi connectivity index (χ2v) is 6.95. The van der Waals surface area contributed by atoms with Gasteiger partial charge >= 0.3 is 5.97 Å². The number of aryl methyl sites for hydroxylation is 2. The summed E-state index contributed by atoms with van der Waals surface area (Å²) in [7, 11) is 0. The summed E-state index contributed by atoms with van der Waals surface area (Å²) in [6.07, 6.45) is -0.655. The van der Waals surface area contributed by atoms with Crippen LogP contribution >= 0.6 is 0 Å². The molecule has 1 aliphatic rings. The van der Waals surface area contributed by atoms with E-state index in [0.29, 0.717) is 17.0 Å². The number of hydrogen-bond donors (Lipinski definition) is 2. The second-order valence-electron chi connectivity index (χ2n) is 6.95. The first-order valence-corrected chi connectivity index (χ1v) is 8.80. The Hall–Kier alpha value is -3.75. The third kappa shape index (κ3) is 4.23. The van der Waals surface area contributed by atoms with Crippen LogP contribution in [-0.2, 0) is 14.4 Å². The first-order valence-electron chi connectivity index (χ1n) is 8.80. The highest BCUT2D eigenvalue weighted by Crippen LogP contribution is 2.32. The Morgan fingerprint density at radius 2 is 1.93 bits per heavy atom. The van der Waals surface area contributed by atoms with Crippen LogP contribution in [0.5, 0.6) is 0 Å². The van der Waals surface area contributed by atoms with E-state index >= 15 is 0 Å². The molecule has 1 amide bonds. The van der Waals surface area contributed by atoms with E-state index in [2.05, 4.69) is 10.5 Å². The Balaban J connectivity index is 1.83. The summed E-state index contributed by atoms with van der Waals surface area (Å²) >= 11 is 0. The highest BCUT2D eigenvalue weighted by Gasteiger charge is 2.49. The average Bonchev–Trinajstić information content (AvgIpc) is 3.08. The third-order valence-corrected chi connectivity index (χ3v) is 4.68. The topological polar surface area (TPSA) is 131 Å². The standard InChI is InChI=1S/C20H19N3O6/c1-12-3-8-16(13(2)9-12)21-19(26)20(11-18(24)25)10-17(22-29-20)14-4-6-15(7-5-14)23(27)28/h3-9H,10-11H2,1-2H3,(H,21,26)(H,24,25). The van der Waals surface area contributed by atoms with E-state index in [4.69, 9.17) is 4.84 Å². The molecule has 150 valence electrons. The molecule has 2 aromatic carbocycles. The van der Waals surface area contributed by atoms with Gasteiger partial charge in [-0.3, -0.25) is 19.7 Å². The van der Waals surface area contributed by atoms with Crippen molar-refractivity contribution >= 4 is 29.0 Å². The van der Waals surface area contributed by atoms with Crippen LogP contribution in [0.1, 0.15) is 29.5 Å². The van der Waals surface area contributed by atoms with Crippen molar-refractivity contribution in [2.24, 2.45) is 5.16 Å². The molecular formula is C20H19N3O6. The lowest BCUT2D eigenvalue weighted by Gasteiger charge is -2.24. The number of benzene rings is 2. The first-order chi connectivity index (χ1) is 13.7. The number of carbonyl (C=O) groups is 2. The Morgan fingerprint density at radius 1 is 1.24 bits per heavy atom. The molecule has 0 saturated heterocycles. The normalized spacial score (nSPS) is 17.9. The molecule has 0 aliphatic carbocycles. The van der Waals surface area contributed by atoms with Crippen LogP contribution in [0.3, 0.4) is 0 Å². The van der Waals surface area contributed by atoms with Crippen LogP contribution in [0.25, 0.3) is 0 Å². The number of rotatable bonds is 6. The molecule has 2 aromatic rings. The molecule has 1 unspecified atom stereocenters. The van der Waals surface area contributed by atoms with Crippen molar-refractivity contribution in [3.8, 4) is 0 Å². The fraction of sp³-hybridized carbons (Fsp3) is 0.250. The van der Waals surface area contributed by atoms with E-state index < -0.39 is 28.8 Å². The molecule has 0 bridgehead atoms. The van der Waals surface area contributed by atoms with E-state index in [1.807, 2.05) is 26.0 Å². The molecule has 0 saturated carbocycles. The molecule has 2 N–H and O–H groups in total. The van der Waals surface area contributed by atoms with Gasteiger partial charge in [-0.15, -0.1) is 0 Å².